The summed E-state index contributed by atoms with van der Waals surface area (Å²) >= 11 is 1.16. The van der Waals surface area contributed by atoms with Crippen LogP contribution in [0.4, 0.5) is 0 Å². The molecule has 0 atom stereocenters. The number of rotatable bonds is 8. The Morgan fingerprint density at radius 1 is 1.00 bits per heavy atom. The number of aromatic nitrogens is 1. The van der Waals surface area contributed by atoms with E-state index in [1.807, 2.05) is 6.92 Å². The second kappa shape index (κ2) is 11.5. The first-order chi connectivity index (χ1) is 17.6. The molecular weight excluding hydrogens is 536 g/mol. The topological polar surface area (TPSA) is 141 Å². The van der Waals surface area contributed by atoms with Crippen molar-refractivity contribution in [2.45, 2.75) is 48.9 Å². The van der Waals surface area contributed by atoms with Crippen molar-refractivity contribution in [3.05, 3.63) is 52.8 Å². The average Bonchev–Trinajstić information content (AvgIpc) is 3.01. The monoisotopic (exact) mass is 566 g/mol. The van der Waals surface area contributed by atoms with Crippen LogP contribution in [0.2, 0.25) is 0 Å². The molecular formula is C24H30N4O6S3. The molecule has 0 bridgehead atoms. The lowest BCUT2D eigenvalue weighted by Crippen LogP contribution is -2.31. The molecule has 0 unspecified atom stereocenters. The normalized spacial score (nSPS) is 16.2. The van der Waals surface area contributed by atoms with Gasteiger partial charge in [-0.25, -0.2) is 22.0 Å². The number of nitrogens with two attached hydrogens (primary N) is 1. The largest absolute Gasteiger partial charge is 0.380 e. The molecule has 2 N–H and O–H groups in total. The Labute approximate surface area is 220 Å². The van der Waals surface area contributed by atoms with Gasteiger partial charge in [0.15, 0.2) is 4.80 Å². The lowest BCUT2D eigenvalue weighted by atomic mass is 10.2. The zero-order valence-corrected chi connectivity index (χ0v) is 22.9. The van der Waals surface area contributed by atoms with E-state index in [2.05, 4.69) is 4.99 Å². The van der Waals surface area contributed by atoms with Crippen LogP contribution in [0, 0.1) is 0 Å². The molecule has 3 aromatic rings. The molecule has 2 heterocycles. The molecule has 0 aliphatic carbocycles. The third kappa shape index (κ3) is 6.36. The summed E-state index contributed by atoms with van der Waals surface area (Å²) in [6.07, 6.45) is 3.72. The molecule has 1 aliphatic rings. The van der Waals surface area contributed by atoms with Gasteiger partial charge < -0.3 is 9.30 Å². The molecule has 4 rings (SSSR count). The molecule has 0 radical (unpaired) electrons. The molecule has 2 aromatic carbocycles. The number of carbonyl (C=O) groups is 1. The van der Waals surface area contributed by atoms with Crippen LogP contribution >= 0.6 is 11.3 Å². The van der Waals surface area contributed by atoms with Gasteiger partial charge in [0, 0.05) is 31.8 Å². The van der Waals surface area contributed by atoms with Gasteiger partial charge >= 0.3 is 0 Å². The van der Waals surface area contributed by atoms with E-state index in [1.165, 1.54) is 40.7 Å². The van der Waals surface area contributed by atoms with Crippen molar-refractivity contribution in [2.75, 3.05) is 26.3 Å². The second-order valence-corrected chi connectivity index (χ2v) is 13.2. The number of amides is 1. The molecule has 0 spiro atoms. The minimum atomic E-state index is -3.89. The molecule has 1 saturated heterocycles. The SMILES string of the molecule is CCOCCn1c(=NC(=O)c2ccc(S(=O)(=O)N3CCCCCC3)cc2)sc2cc(S(N)(=O)=O)ccc21. The predicted molar refractivity (Wildman–Crippen MR) is 141 cm³/mol. The van der Waals surface area contributed by atoms with Crippen LogP contribution in [0.1, 0.15) is 43.0 Å². The van der Waals surface area contributed by atoms with E-state index in [1.54, 1.807) is 10.6 Å². The quantitative estimate of drug-likeness (QED) is 0.416. The molecule has 1 aromatic heterocycles. The highest BCUT2D eigenvalue weighted by atomic mass is 32.2. The van der Waals surface area contributed by atoms with Gasteiger partial charge in [0.25, 0.3) is 5.91 Å². The number of hydrogen-bond donors (Lipinski definition) is 1. The molecule has 10 nitrogen and oxygen atoms in total. The number of nitrogens with zero attached hydrogens (tertiary/aromatic N) is 3. The molecule has 1 fully saturated rings. The highest BCUT2D eigenvalue weighted by molar-refractivity contribution is 7.89. The first kappa shape index (κ1) is 27.6. The number of thiazole rings is 1. The van der Waals surface area contributed by atoms with Gasteiger partial charge in [0.2, 0.25) is 20.0 Å². The third-order valence-electron chi connectivity index (χ3n) is 6.15. The fraction of sp³-hybridized carbons (Fsp3) is 0.417. The Morgan fingerprint density at radius 2 is 1.65 bits per heavy atom. The summed E-state index contributed by atoms with van der Waals surface area (Å²) in [4.78, 5) is 17.8. The Hall–Kier alpha value is -2.42. The zero-order valence-electron chi connectivity index (χ0n) is 20.5. The minimum Gasteiger partial charge on any atom is -0.380 e. The van der Waals surface area contributed by atoms with Crippen LogP contribution in [0.15, 0.2) is 57.2 Å². The van der Waals surface area contributed by atoms with E-state index in [4.69, 9.17) is 9.88 Å². The second-order valence-electron chi connectivity index (χ2n) is 8.67. The molecule has 1 aliphatic heterocycles. The van der Waals surface area contributed by atoms with Crippen LogP contribution in [0.3, 0.4) is 0 Å². The Kier molecular flexibility index (Phi) is 8.61. The highest BCUT2D eigenvalue weighted by Crippen LogP contribution is 2.23. The number of ether oxygens (including phenoxy) is 1. The summed E-state index contributed by atoms with van der Waals surface area (Å²) in [5.74, 6) is -0.540. The third-order valence-corrected chi connectivity index (χ3v) is 10.0. The van der Waals surface area contributed by atoms with E-state index >= 15 is 0 Å². The minimum absolute atomic E-state index is 0.0303. The van der Waals surface area contributed by atoms with Crippen molar-refractivity contribution in [1.82, 2.24) is 8.87 Å². The standard InChI is InChI=1S/C24H30N4O6S3/c1-2-34-16-15-28-21-12-11-20(36(25,30)31)17-22(21)35-24(28)26-23(29)18-7-9-19(10-8-18)37(32,33)27-13-5-3-4-6-14-27/h7-12,17H,2-6,13-16H2,1H3,(H2,25,30,31). The summed E-state index contributed by atoms with van der Waals surface area (Å²) in [5.41, 5.74) is 0.941. The van der Waals surface area contributed by atoms with Gasteiger partial charge in [-0.05, 0) is 62.2 Å². The van der Waals surface area contributed by atoms with Crippen LogP contribution < -0.4 is 9.94 Å². The number of primary sulfonamides is 1. The van der Waals surface area contributed by atoms with Crippen LogP contribution in [-0.4, -0.2) is 57.9 Å². The summed E-state index contributed by atoms with van der Waals surface area (Å²) in [6.45, 7) is 4.18. The van der Waals surface area contributed by atoms with Crippen molar-refractivity contribution >= 4 is 47.5 Å². The van der Waals surface area contributed by atoms with Crippen LogP contribution in [-0.2, 0) is 31.3 Å². The summed E-state index contributed by atoms with van der Waals surface area (Å²) in [7, 11) is -7.51. The predicted octanol–water partition coefficient (Wildman–Crippen LogP) is 2.69. The van der Waals surface area contributed by atoms with Crippen LogP contribution in [0.5, 0.6) is 0 Å². The number of carbonyl (C=O) groups excluding carboxylic acids is 1. The van der Waals surface area contributed by atoms with Crippen molar-refractivity contribution < 1.29 is 26.4 Å². The Balaban J connectivity index is 1.66. The molecule has 200 valence electrons. The number of benzene rings is 2. The van der Waals surface area contributed by atoms with Crippen molar-refractivity contribution in [3.63, 3.8) is 0 Å². The molecule has 13 heteroatoms. The highest BCUT2D eigenvalue weighted by Gasteiger charge is 2.25. The first-order valence-corrected chi connectivity index (χ1v) is 15.8. The van der Waals surface area contributed by atoms with Gasteiger partial charge in [0.05, 0.1) is 26.6 Å². The van der Waals surface area contributed by atoms with Gasteiger partial charge in [-0.2, -0.15) is 9.30 Å². The zero-order chi connectivity index (χ0) is 26.6. The number of sulfonamides is 2. The smallest absolute Gasteiger partial charge is 0.279 e. The molecule has 37 heavy (non-hydrogen) atoms. The van der Waals surface area contributed by atoms with Crippen LogP contribution in [0.25, 0.3) is 10.2 Å². The van der Waals surface area contributed by atoms with E-state index in [-0.39, 0.29) is 15.4 Å². The first-order valence-electron chi connectivity index (χ1n) is 12.0. The molecule has 1 amide bonds. The fourth-order valence-corrected chi connectivity index (χ4v) is 7.41. The van der Waals surface area contributed by atoms with E-state index in [0.717, 1.165) is 37.0 Å². The lowest BCUT2D eigenvalue weighted by Gasteiger charge is -2.19. The van der Waals surface area contributed by atoms with Gasteiger partial charge in [-0.15, -0.1) is 0 Å². The Bertz CT molecular complexity index is 1550. The maximum absolute atomic E-state index is 13.0. The number of hydrogen-bond acceptors (Lipinski definition) is 7. The molecule has 0 saturated carbocycles. The van der Waals surface area contributed by atoms with Crippen molar-refractivity contribution in [1.29, 1.82) is 0 Å². The van der Waals surface area contributed by atoms with E-state index in [0.29, 0.717) is 47.9 Å². The van der Waals surface area contributed by atoms with E-state index in [9.17, 15) is 21.6 Å². The Morgan fingerprint density at radius 3 is 2.27 bits per heavy atom. The van der Waals surface area contributed by atoms with Crippen molar-refractivity contribution in [3.8, 4) is 0 Å². The fourth-order valence-electron chi connectivity index (χ4n) is 4.18. The van der Waals surface area contributed by atoms with Crippen molar-refractivity contribution in [2.24, 2.45) is 10.1 Å². The summed E-state index contributed by atoms with van der Waals surface area (Å²) in [6, 6.07) is 10.3. The van der Waals surface area contributed by atoms with Gasteiger partial charge in [0.1, 0.15) is 0 Å². The van der Waals surface area contributed by atoms with Gasteiger partial charge in [-0.1, -0.05) is 24.2 Å². The van der Waals surface area contributed by atoms with E-state index < -0.39 is 26.0 Å². The summed E-state index contributed by atoms with van der Waals surface area (Å²) in [5, 5.41) is 5.27. The average molecular weight is 567 g/mol. The lowest BCUT2D eigenvalue weighted by molar-refractivity contribution is 0.0996. The maximum atomic E-state index is 13.0. The summed E-state index contributed by atoms with van der Waals surface area (Å²) < 4.78 is 59.0. The maximum Gasteiger partial charge on any atom is 0.279 e. The number of fused-ring (bicyclic) bond motifs is 1. The van der Waals surface area contributed by atoms with Gasteiger partial charge in [-0.3, -0.25) is 4.79 Å².